The lowest BCUT2D eigenvalue weighted by Crippen LogP contribution is -1.89. The fourth-order valence-electron chi connectivity index (χ4n) is 1.76. The van der Waals surface area contributed by atoms with Crippen LogP contribution >= 0.6 is 22.7 Å². The van der Waals surface area contributed by atoms with E-state index in [0.717, 1.165) is 26.7 Å². The van der Waals surface area contributed by atoms with Crippen LogP contribution in [0.1, 0.15) is 19.6 Å². The number of hydrogen-bond acceptors (Lipinski definition) is 5. The van der Waals surface area contributed by atoms with Gasteiger partial charge < -0.3 is 5.11 Å². The van der Waals surface area contributed by atoms with E-state index in [-0.39, 0.29) is 4.88 Å². The highest BCUT2D eigenvalue weighted by Gasteiger charge is 2.07. The van der Waals surface area contributed by atoms with E-state index in [1.54, 1.807) is 16.0 Å². The van der Waals surface area contributed by atoms with Crippen LogP contribution in [-0.2, 0) is 7.05 Å². The van der Waals surface area contributed by atoms with Gasteiger partial charge in [0.15, 0.2) is 0 Å². The number of carboxylic acids is 1. The molecule has 106 valence electrons. The maximum atomic E-state index is 10.8. The molecular weight excluding hydrogens is 306 g/mol. The molecule has 0 bridgehead atoms. The highest BCUT2D eigenvalue weighted by Crippen LogP contribution is 2.29. The van der Waals surface area contributed by atoms with E-state index in [1.807, 2.05) is 43.7 Å². The van der Waals surface area contributed by atoms with Crippen LogP contribution in [0.2, 0.25) is 0 Å². The molecule has 0 aliphatic carbocycles. The number of thiophene rings is 1. The van der Waals surface area contributed by atoms with Crippen LogP contribution in [0.4, 0.5) is 0 Å². The van der Waals surface area contributed by atoms with Crippen molar-refractivity contribution in [2.75, 3.05) is 0 Å². The van der Waals surface area contributed by atoms with Crippen molar-refractivity contribution < 1.29 is 9.90 Å². The Balaban J connectivity index is 1.77. The first-order valence-corrected chi connectivity index (χ1v) is 7.71. The van der Waals surface area contributed by atoms with Gasteiger partial charge in [0.25, 0.3) is 0 Å². The number of aromatic nitrogens is 3. The molecule has 1 N–H and O–H groups in total. The molecule has 0 fully saturated rings. The largest absolute Gasteiger partial charge is 0.477 e. The summed E-state index contributed by atoms with van der Waals surface area (Å²) in [7, 11) is 1.89. The summed E-state index contributed by atoms with van der Waals surface area (Å²) in [4.78, 5) is 17.3. The third kappa shape index (κ3) is 3.09. The number of aryl methyl sites for hydroxylation is 1. The molecule has 3 rings (SSSR count). The molecule has 0 aliphatic rings. The lowest BCUT2D eigenvalue weighted by molar-refractivity contribution is 0.0702. The number of hydrogen-bond donors (Lipinski definition) is 1. The van der Waals surface area contributed by atoms with Crippen LogP contribution in [0.3, 0.4) is 0 Å². The molecule has 7 heteroatoms. The number of carboxylic acid groups (broad SMARTS) is 1. The Bertz CT molecular complexity index is 814. The second kappa shape index (κ2) is 5.63. The summed E-state index contributed by atoms with van der Waals surface area (Å²) in [6.45, 7) is 0. The van der Waals surface area contributed by atoms with Gasteiger partial charge in [0, 0.05) is 28.6 Å². The van der Waals surface area contributed by atoms with Gasteiger partial charge in [0.1, 0.15) is 9.88 Å². The van der Waals surface area contributed by atoms with Crippen LogP contribution in [-0.4, -0.2) is 25.8 Å². The Morgan fingerprint density at radius 1 is 1.29 bits per heavy atom. The summed E-state index contributed by atoms with van der Waals surface area (Å²) >= 11 is 2.81. The molecule has 0 aromatic carbocycles. The molecule has 3 aromatic heterocycles. The molecule has 3 heterocycles. The summed E-state index contributed by atoms with van der Waals surface area (Å²) in [5.41, 5.74) is 1.09. The minimum Gasteiger partial charge on any atom is -0.477 e. The van der Waals surface area contributed by atoms with Gasteiger partial charge in [-0.3, -0.25) is 4.68 Å². The Labute approximate surface area is 128 Å². The molecular formula is C14H11N3O2S2. The molecule has 0 radical (unpaired) electrons. The summed E-state index contributed by atoms with van der Waals surface area (Å²) in [5.74, 6) is -0.942. The normalized spacial score (nSPS) is 11.3. The lowest BCUT2D eigenvalue weighted by atomic mass is 10.3. The van der Waals surface area contributed by atoms with Crippen molar-refractivity contribution in [2.24, 2.45) is 7.05 Å². The smallest absolute Gasteiger partial charge is 0.347 e. The maximum absolute atomic E-state index is 10.8. The van der Waals surface area contributed by atoms with Gasteiger partial charge in [-0.1, -0.05) is 0 Å². The Hall–Kier alpha value is -2.25. The fourth-order valence-corrected chi connectivity index (χ4v) is 3.31. The van der Waals surface area contributed by atoms with E-state index in [9.17, 15) is 4.79 Å². The van der Waals surface area contributed by atoms with E-state index >= 15 is 0 Å². The first-order valence-electron chi connectivity index (χ1n) is 6.08. The monoisotopic (exact) mass is 317 g/mol. The van der Waals surface area contributed by atoms with Crippen LogP contribution in [0.25, 0.3) is 22.6 Å². The summed E-state index contributed by atoms with van der Waals surface area (Å²) in [5, 5.41) is 13.7. The SMILES string of the molecule is Cn1cc(-c2ccc(/C=C/c3ncc(C(=O)O)s3)s2)cn1. The quantitative estimate of drug-likeness (QED) is 0.800. The van der Waals surface area contributed by atoms with Crippen molar-refractivity contribution in [3.8, 4) is 10.4 Å². The lowest BCUT2D eigenvalue weighted by Gasteiger charge is -1.88. The third-order valence-electron chi connectivity index (χ3n) is 2.74. The Morgan fingerprint density at radius 2 is 2.14 bits per heavy atom. The first-order chi connectivity index (χ1) is 10.1. The molecule has 0 aliphatic heterocycles. The van der Waals surface area contributed by atoms with E-state index in [0.29, 0.717) is 5.01 Å². The van der Waals surface area contributed by atoms with Gasteiger partial charge >= 0.3 is 5.97 Å². The summed E-state index contributed by atoms with van der Waals surface area (Å²) < 4.78 is 1.77. The van der Waals surface area contributed by atoms with Gasteiger partial charge in [-0.25, -0.2) is 9.78 Å². The predicted molar refractivity (Wildman–Crippen MR) is 84.5 cm³/mol. The number of nitrogens with zero attached hydrogens (tertiary/aromatic N) is 3. The molecule has 21 heavy (non-hydrogen) atoms. The molecule has 0 saturated heterocycles. The minimum atomic E-state index is -0.942. The van der Waals surface area contributed by atoms with Gasteiger partial charge in [-0.2, -0.15) is 5.10 Å². The zero-order valence-electron chi connectivity index (χ0n) is 11.1. The molecule has 5 nitrogen and oxygen atoms in total. The number of rotatable bonds is 4. The zero-order chi connectivity index (χ0) is 14.8. The highest BCUT2D eigenvalue weighted by molar-refractivity contribution is 7.16. The molecule has 0 spiro atoms. The van der Waals surface area contributed by atoms with E-state index < -0.39 is 5.97 Å². The second-order valence-electron chi connectivity index (χ2n) is 4.31. The van der Waals surface area contributed by atoms with Gasteiger partial charge in [-0.05, 0) is 24.3 Å². The highest BCUT2D eigenvalue weighted by atomic mass is 32.1. The van der Waals surface area contributed by atoms with Crippen molar-refractivity contribution >= 4 is 40.8 Å². The molecule has 3 aromatic rings. The van der Waals surface area contributed by atoms with E-state index in [4.69, 9.17) is 5.11 Å². The molecule has 0 atom stereocenters. The van der Waals surface area contributed by atoms with Gasteiger partial charge in [0.2, 0.25) is 0 Å². The summed E-state index contributed by atoms with van der Waals surface area (Å²) in [6, 6.07) is 4.07. The molecule has 0 amide bonds. The van der Waals surface area contributed by atoms with Crippen molar-refractivity contribution in [1.29, 1.82) is 0 Å². The van der Waals surface area contributed by atoms with Gasteiger partial charge in [0.05, 0.1) is 12.4 Å². The third-order valence-corrected chi connectivity index (χ3v) is 4.79. The average molecular weight is 317 g/mol. The second-order valence-corrected chi connectivity index (χ2v) is 6.48. The van der Waals surface area contributed by atoms with Crippen molar-refractivity contribution in [3.63, 3.8) is 0 Å². The number of carbonyl (C=O) groups is 1. The zero-order valence-corrected chi connectivity index (χ0v) is 12.7. The minimum absolute atomic E-state index is 0.247. The van der Waals surface area contributed by atoms with Crippen LogP contribution < -0.4 is 0 Å². The van der Waals surface area contributed by atoms with Crippen LogP contribution in [0, 0.1) is 0 Å². The number of thiazole rings is 1. The van der Waals surface area contributed by atoms with Crippen molar-refractivity contribution in [1.82, 2.24) is 14.8 Å². The fraction of sp³-hybridized carbons (Fsp3) is 0.0714. The summed E-state index contributed by atoms with van der Waals surface area (Å²) in [6.07, 6.45) is 8.95. The Kier molecular flexibility index (Phi) is 3.68. The maximum Gasteiger partial charge on any atom is 0.347 e. The standard InChI is InChI=1S/C14H11N3O2S2/c1-17-8-9(6-16-17)11-4-2-10(20-11)3-5-13-15-7-12(21-13)14(18)19/h2-8H,1H3,(H,18,19)/b5-3+. The van der Waals surface area contributed by atoms with E-state index in [2.05, 4.69) is 10.1 Å². The van der Waals surface area contributed by atoms with Gasteiger partial charge in [-0.15, -0.1) is 22.7 Å². The van der Waals surface area contributed by atoms with Crippen LogP contribution in [0.5, 0.6) is 0 Å². The van der Waals surface area contributed by atoms with E-state index in [1.165, 1.54) is 6.20 Å². The molecule has 0 saturated carbocycles. The van der Waals surface area contributed by atoms with Crippen molar-refractivity contribution in [2.45, 2.75) is 0 Å². The van der Waals surface area contributed by atoms with Crippen molar-refractivity contribution in [3.05, 3.63) is 45.5 Å². The predicted octanol–water partition coefficient (Wildman–Crippen LogP) is 3.47. The number of aromatic carboxylic acids is 1. The topological polar surface area (TPSA) is 68.0 Å². The Morgan fingerprint density at radius 3 is 2.81 bits per heavy atom. The average Bonchev–Trinajstić information content (AvgIpc) is 3.16. The first kappa shape index (κ1) is 13.7. The van der Waals surface area contributed by atoms with Crippen LogP contribution in [0.15, 0.2) is 30.7 Å². The molecule has 0 unspecified atom stereocenters.